The van der Waals surface area contributed by atoms with E-state index in [2.05, 4.69) is 25.6 Å². The third kappa shape index (κ3) is 6.87. The molecule has 0 aliphatic carbocycles. The molecule has 1 aromatic heterocycles. The summed E-state index contributed by atoms with van der Waals surface area (Å²) < 4.78 is 30.4. The van der Waals surface area contributed by atoms with Crippen LogP contribution in [0.1, 0.15) is 12.5 Å². The molecule has 2 amide bonds. The lowest BCUT2D eigenvalue weighted by molar-refractivity contribution is -0.127. The van der Waals surface area contributed by atoms with E-state index in [0.717, 1.165) is 28.0 Å². The van der Waals surface area contributed by atoms with Gasteiger partial charge in [0.2, 0.25) is 27.0 Å². The summed E-state index contributed by atoms with van der Waals surface area (Å²) in [5.41, 5.74) is 1.62. The molecule has 10 nitrogen and oxygen atoms in total. The number of nitrogens with one attached hydrogen (secondary N) is 4. The van der Waals surface area contributed by atoms with Gasteiger partial charge in [-0.25, -0.2) is 8.42 Å². The zero-order valence-corrected chi connectivity index (χ0v) is 23.9. The van der Waals surface area contributed by atoms with Gasteiger partial charge in [0.05, 0.1) is 4.90 Å². The first-order chi connectivity index (χ1) is 18.5. The van der Waals surface area contributed by atoms with E-state index in [9.17, 15) is 18.0 Å². The zero-order valence-electron chi connectivity index (χ0n) is 21.5. The summed E-state index contributed by atoms with van der Waals surface area (Å²) in [6.07, 6.45) is 0.0781. The first-order valence-electron chi connectivity index (χ1n) is 12.0. The number of carbonyl (C=O) groups is 2. The Balaban J connectivity index is 1.61. The van der Waals surface area contributed by atoms with E-state index in [1.54, 1.807) is 42.5 Å². The molecule has 3 aromatic carbocycles. The second kappa shape index (κ2) is 12.0. The molecule has 0 fully saturated rings. The Hall–Kier alpha value is -3.65. The van der Waals surface area contributed by atoms with Crippen LogP contribution in [-0.4, -0.2) is 56.6 Å². The van der Waals surface area contributed by atoms with Gasteiger partial charge in [-0.3, -0.25) is 20.0 Å². The zero-order chi connectivity index (χ0) is 28.2. The van der Waals surface area contributed by atoms with Crippen LogP contribution in [0.5, 0.6) is 0 Å². The molecule has 4 rings (SSSR count). The van der Waals surface area contributed by atoms with Crippen molar-refractivity contribution >= 4 is 67.0 Å². The second-order valence-electron chi connectivity index (χ2n) is 9.02. The van der Waals surface area contributed by atoms with Crippen molar-refractivity contribution in [3.8, 4) is 0 Å². The van der Waals surface area contributed by atoms with Gasteiger partial charge in [0.25, 0.3) is 0 Å². The topological polar surface area (TPSA) is 136 Å². The first-order valence-corrected chi connectivity index (χ1v) is 14.7. The maximum atomic E-state index is 13.7. The van der Waals surface area contributed by atoms with Crippen molar-refractivity contribution in [2.24, 2.45) is 0 Å². The van der Waals surface area contributed by atoms with Gasteiger partial charge in [-0.1, -0.05) is 65.9 Å². The molecule has 0 unspecified atom stereocenters. The number of sulfonamides is 1. The monoisotopic (exact) mass is 584 g/mol. The van der Waals surface area contributed by atoms with Crippen LogP contribution < -0.4 is 20.3 Å². The van der Waals surface area contributed by atoms with Gasteiger partial charge >= 0.3 is 0 Å². The SMILES string of the molecule is C[C@H](NC(=O)[C@H](Cc1ccccc1)NS(=O)(=O)c1cccc2c(N(C)C)cccc12)C(=O)Nc1n[nH]c(=S)s1. The first kappa shape index (κ1) is 28.4. The molecule has 0 aliphatic heterocycles. The second-order valence-corrected chi connectivity index (χ2v) is 12.4. The van der Waals surface area contributed by atoms with Crippen LogP contribution in [0.3, 0.4) is 0 Å². The number of fused-ring (bicyclic) bond motifs is 1. The Morgan fingerprint density at radius 2 is 1.69 bits per heavy atom. The number of benzene rings is 3. The predicted octanol–water partition coefficient (Wildman–Crippen LogP) is 3.45. The van der Waals surface area contributed by atoms with Crippen LogP contribution in [0.4, 0.5) is 10.8 Å². The molecule has 0 bridgehead atoms. The van der Waals surface area contributed by atoms with Crippen molar-refractivity contribution < 1.29 is 18.0 Å². The quantitative estimate of drug-likeness (QED) is 0.210. The number of nitrogens with zero attached hydrogens (tertiary/aromatic N) is 2. The molecule has 0 spiro atoms. The molecule has 4 aromatic rings. The number of rotatable bonds is 10. The summed E-state index contributed by atoms with van der Waals surface area (Å²) in [5.74, 6) is -1.17. The average molecular weight is 585 g/mol. The number of H-pyrrole nitrogens is 1. The normalized spacial score (nSPS) is 13.0. The predicted molar refractivity (Wildman–Crippen MR) is 156 cm³/mol. The number of hydrogen-bond acceptors (Lipinski definition) is 8. The summed E-state index contributed by atoms with van der Waals surface area (Å²) in [6, 6.07) is 17.4. The fourth-order valence-electron chi connectivity index (χ4n) is 4.05. The number of hydrogen-bond donors (Lipinski definition) is 4. The fourth-order valence-corrected chi connectivity index (χ4v) is 6.26. The Kier molecular flexibility index (Phi) is 8.75. The Bertz CT molecular complexity index is 1650. The molecule has 4 N–H and O–H groups in total. The van der Waals surface area contributed by atoms with Gasteiger partial charge < -0.3 is 10.2 Å². The van der Waals surface area contributed by atoms with E-state index < -0.39 is 33.9 Å². The van der Waals surface area contributed by atoms with Crippen molar-refractivity contribution in [2.75, 3.05) is 24.3 Å². The van der Waals surface area contributed by atoms with Gasteiger partial charge in [-0.15, -0.1) is 5.10 Å². The van der Waals surface area contributed by atoms with Gasteiger partial charge in [0.15, 0.2) is 3.95 Å². The fraction of sp³-hybridized carbons (Fsp3) is 0.231. The van der Waals surface area contributed by atoms with E-state index in [4.69, 9.17) is 12.2 Å². The minimum atomic E-state index is -4.15. The highest BCUT2D eigenvalue weighted by Crippen LogP contribution is 2.30. The number of aromatic amines is 1. The molecule has 2 atom stereocenters. The minimum Gasteiger partial charge on any atom is -0.377 e. The third-order valence-electron chi connectivity index (χ3n) is 5.95. The lowest BCUT2D eigenvalue weighted by atomic mass is 10.1. The summed E-state index contributed by atoms with van der Waals surface area (Å²) in [4.78, 5) is 28.0. The Morgan fingerprint density at radius 3 is 2.36 bits per heavy atom. The number of aromatic nitrogens is 2. The Labute approximate surface area is 235 Å². The van der Waals surface area contributed by atoms with Gasteiger partial charge in [-0.2, -0.15) is 4.72 Å². The van der Waals surface area contributed by atoms with Crippen LogP contribution in [0.15, 0.2) is 71.6 Å². The molecule has 204 valence electrons. The van der Waals surface area contributed by atoms with Crippen LogP contribution in [0, 0.1) is 3.95 Å². The standard InChI is InChI=1S/C26H28N6O4S3/c1-16(23(33)28-25-29-30-26(37)38-25)27-24(34)20(15-17-9-5-4-6-10-17)31-39(35,36)22-14-8-11-18-19(22)12-7-13-21(18)32(2)3/h4-14,16,20,31H,15H2,1-3H3,(H,27,34)(H,30,37)(H,28,29,33)/t16-,20-/m0/s1. The lowest BCUT2D eigenvalue weighted by Crippen LogP contribution is -2.52. The lowest BCUT2D eigenvalue weighted by Gasteiger charge is -2.22. The molecule has 39 heavy (non-hydrogen) atoms. The summed E-state index contributed by atoms with van der Waals surface area (Å²) in [5, 5.41) is 13.2. The highest BCUT2D eigenvalue weighted by Gasteiger charge is 2.29. The molecule has 0 radical (unpaired) electrons. The molecule has 0 aliphatic rings. The van der Waals surface area contributed by atoms with Gasteiger partial charge in [0.1, 0.15) is 12.1 Å². The van der Waals surface area contributed by atoms with E-state index in [0.29, 0.717) is 9.34 Å². The maximum absolute atomic E-state index is 13.7. The van der Waals surface area contributed by atoms with Crippen molar-refractivity contribution in [1.82, 2.24) is 20.2 Å². The van der Waals surface area contributed by atoms with Crippen molar-refractivity contribution in [1.29, 1.82) is 0 Å². The van der Waals surface area contributed by atoms with Crippen molar-refractivity contribution in [3.05, 3.63) is 76.2 Å². The molecular weight excluding hydrogens is 557 g/mol. The maximum Gasteiger partial charge on any atom is 0.248 e. The van der Waals surface area contributed by atoms with Crippen LogP contribution in [0.2, 0.25) is 0 Å². The molecule has 13 heteroatoms. The average Bonchev–Trinajstić information content (AvgIpc) is 3.32. The summed E-state index contributed by atoms with van der Waals surface area (Å²) in [6.45, 7) is 1.50. The molecule has 0 saturated heterocycles. The van der Waals surface area contributed by atoms with E-state index in [1.165, 1.54) is 13.0 Å². The smallest absolute Gasteiger partial charge is 0.248 e. The molecular formula is C26H28N6O4S3. The molecule has 1 heterocycles. The highest BCUT2D eigenvalue weighted by atomic mass is 32.2. The van der Waals surface area contributed by atoms with Crippen LogP contribution >= 0.6 is 23.6 Å². The molecule has 0 saturated carbocycles. The van der Waals surface area contributed by atoms with E-state index in [1.807, 2.05) is 37.2 Å². The highest BCUT2D eigenvalue weighted by molar-refractivity contribution is 7.89. The summed E-state index contributed by atoms with van der Waals surface area (Å²) >= 11 is 6.05. The number of carbonyl (C=O) groups excluding carboxylic acids is 2. The number of amides is 2. The van der Waals surface area contributed by atoms with Crippen LogP contribution in [0.25, 0.3) is 10.8 Å². The summed E-state index contributed by atoms with van der Waals surface area (Å²) in [7, 11) is -0.383. The third-order valence-corrected chi connectivity index (χ3v) is 8.48. The van der Waals surface area contributed by atoms with Gasteiger partial charge in [-0.05, 0) is 43.3 Å². The van der Waals surface area contributed by atoms with E-state index in [-0.39, 0.29) is 16.4 Å². The number of anilines is 2. The van der Waals surface area contributed by atoms with Crippen molar-refractivity contribution in [2.45, 2.75) is 30.3 Å². The van der Waals surface area contributed by atoms with E-state index >= 15 is 0 Å². The Morgan fingerprint density at radius 1 is 1.00 bits per heavy atom. The van der Waals surface area contributed by atoms with Gasteiger partial charge in [0, 0.05) is 30.6 Å². The van der Waals surface area contributed by atoms with Crippen molar-refractivity contribution in [3.63, 3.8) is 0 Å². The minimum absolute atomic E-state index is 0.0556. The largest absolute Gasteiger partial charge is 0.377 e. The van der Waals surface area contributed by atoms with Crippen LogP contribution in [-0.2, 0) is 26.0 Å².